The molecule has 0 heterocycles. The van der Waals surface area contributed by atoms with Crippen LogP contribution in [0, 0.1) is 5.41 Å². The summed E-state index contributed by atoms with van der Waals surface area (Å²) < 4.78 is 0. The zero-order chi connectivity index (χ0) is 12.5. The Morgan fingerprint density at radius 3 is 2.65 bits per heavy atom. The van der Waals surface area contributed by atoms with Crippen molar-refractivity contribution in [2.75, 3.05) is 0 Å². The summed E-state index contributed by atoms with van der Waals surface area (Å²) in [4.78, 5) is 11.3. The van der Waals surface area contributed by atoms with Crippen LogP contribution in [0.15, 0.2) is 24.3 Å². The van der Waals surface area contributed by atoms with Crippen molar-refractivity contribution in [3.8, 4) is 0 Å². The molecule has 2 nitrogen and oxygen atoms in total. The highest BCUT2D eigenvalue weighted by Crippen LogP contribution is 2.43. The van der Waals surface area contributed by atoms with Gasteiger partial charge in [-0.25, -0.2) is 0 Å². The second-order valence-electron chi connectivity index (χ2n) is 5.21. The highest BCUT2D eigenvalue weighted by Gasteiger charge is 2.38. The van der Waals surface area contributed by atoms with E-state index in [9.17, 15) is 9.90 Å². The van der Waals surface area contributed by atoms with Crippen LogP contribution < -0.4 is 0 Å². The fraction of sp³-hybridized carbons (Fsp3) is 0.500. The van der Waals surface area contributed by atoms with Gasteiger partial charge in [0.05, 0.1) is 5.41 Å². The van der Waals surface area contributed by atoms with Gasteiger partial charge in [0.25, 0.3) is 0 Å². The second-order valence-corrected chi connectivity index (χ2v) is 5.65. The summed E-state index contributed by atoms with van der Waals surface area (Å²) in [6.45, 7) is 1.86. The number of benzene rings is 1. The van der Waals surface area contributed by atoms with E-state index in [1.807, 2.05) is 31.2 Å². The molecule has 1 aromatic rings. The lowest BCUT2D eigenvalue weighted by atomic mass is 9.69. The molecule has 0 amide bonds. The quantitative estimate of drug-likeness (QED) is 0.861. The minimum absolute atomic E-state index is 0.349. The first-order chi connectivity index (χ1) is 8.01. The Morgan fingerprint density at radius 1 is 1.41 bits per heavy atom. The summed E-state index contributed by atoms with van der Waals surface area (Å²) in [6.07, 6.45) is 3.57. The molecule has 0 unspecified atom stereocenters. The molecule has 0 aliphatic heterocycles. The monoisotopic (exact) mass is 252 g/mol. The Labute approximate surface area is 107 Å². The fourth-order valence-electron chi connectivity index (χ4n) is 2.70. The summed E-state index contributed by atoms with van der Waals surface area (Å²) in [5.41, 5.74) is 0.643. The minimum Gasteiger partial charge on any atom is -0.481 e. The van der Waals surface area contributed by atoms with E-state index in [2.05, 4.69) is 0 Å². The number of halogens is 1. The van der Waals surface area contributed by atoms with Crippen LogP contribution in [0.3, 0.4) is 0 Å². The molecule has 0 spiro atoms. The topological polar surface area (TPSA) is 37.3 Å². The van der Waals surface area contributed by atoms with E-state index in [1.54, 1.807) is 0 Å². The van der Waals surface area contributed by atoms with Gasteiger partial charge in [-0.15, -0.1) is 0 Å². The standard InChI is InChI=1S/C14H17ClO2/c1-14(13(16)17)8-2-3-11(9-14)10-4-6-12(15)7-5-10/h4-7,11H,2-3,8-9H2,1H3,(H,16,17)/t11-,14+/m1/s1. The second kappa shape index (κ2) is 4.69. The number of hydrogen-bond donors (Lipinski definition) is 1. The smallest absolute Gasteiger partial charge is 0.309 e. The Kier molecular flexibility index (Phi) is 3.43. The number of aliphatic carboxylic acids is 1. The van der Waals surface area contributed by atoms with Crippen LogP contribution >= 0.6 is 11.6 Å². The molecule has 0 saturated heterocycles. The molecule has 2 rings (SSSR count). The highest BCUT2D eigenvalue weighted by molar-refractivity contribution is 6.30. The van der Waals surface area contributed by atoms with Gasteiger partial charge in [0.1, 0.15) is 0 Å². The van der Waals surface area contributed by atoms with Gasteiger partial charge >= 0.3 is 5.97 Å². The Hall–Kier alpha value is -1.02. The Bertz CT molecular complexity index is 413. The van der Waals surface area contributed by atoms with Gasteiger partial charge in [-0.1, -0.05) is 30.2 Å². The normalized spacial score (nSPS) is 28.9. The van der Waals surface area contributed by atoms with Crippen molar-refractivity contribution in [1.82, 2.24) is 0 Å². The van der Waals surface area contributed by atoms with Gasteiger partial charge in [-0.05, 0) is 49.8 Å². The lowest BCUT2D eigenvalue weighted by molar-refractivity contribution is -0.150. The lowest BCUT2D eigenvalue weighted by Gasteiger charge is -2.35. The molecule has 0 aromatic heterocycles. The van der Waals surface area contributed by atoms with Crippen molar-refractivity contribution in [3.63, 3.8) is 0 Å². The van der Waals surface area contributed by atoms with E-state index < -0.39 is 11.4 Å². The maximum absolute atomic E-state index is 11.3. The number of carboxylic acids is 1. The molecular weight excluding hydrogens is 236 g/mol. The predicted molar refractivity (Wildman–Crippen MR) is 68.4 cm³/mol. The third-order valence-electron chi connectivity index (χ3n) is 3.84. The van der Waals surface area contributed by atoms with Crippen LogP contribution in [-0.2, 0) is 4.79 Å². The van der Waals surface area contributed by atoms with Crippen molar-refractivity contribution < 1.29 is 9.90 Å². The first-order valence-corrected chi connectivity index (χ1v) is 6.38. The zero-order valence-electron chi connectivity index (χ0n) is 9.95. The number of rotatable bonds is 2. The third-order valence-corrected chi connectivity index (χ3v) is 4.09. The van der Waals surface area contributed by atoms with E-state index in [-0.39, 0.29) is 0 Å². The summed E-state index contributed by atoms with van der Waals surface area (Å²) in [5.74, 6) is -0.321. The summed E-state index contributed by atoms with van der Waals surface area (Å²) in [7, 11) is 0. The average molecular weight is 253 g/mol. The summed E-state index contributed by atoms with van der Waals surface area (Å²) >= 11 is 5.86. The van der Waals surface area contributed by atoms with Crippen molar-refractivity contribution >= 4 is 17.6 Å². The van der Waals surface area contributed by atoms with E-state index in [1.165, 1.54) is 5.56 Å². The van der Waals surface area contributed by atoms with Gasteiger partial charge in [0, 0.05) is 5.02 Å². The molecule has 1 saturated carbocycles. The molecule has 3 heteroatoms. The Morgan fingerprint density at radius 2 is 2.06 bits per heavy atom. The molecule has 1 aliphatic rings. The molecule has 1 N–H and O–H groups in total. The number of hydrogen-bond acceptors (Lipinski definition) is 1. The molecular formula is C14H17ClO2. The van der Waals surface area contributed by atoms with E-state index in [4.69, 9.17) is 11.6 Å². The van der Waals surface area contributed by atoms with Crippen LogP contribution in [0.4, 0.5) is 0 Å². The van der Waals surface area contributed by atoms with Crippen molar-refractivity contribution in [3.05, 3.63) is 34.9 Å². The third kappa shape index (κ3) is 2.63. The van der Waals surface area contributed by atoms with Gasteiger partial charge in [0.2, 0.25) is 0 Å². The zero-order valence-corrected chi connectivity index (χ0v) is 10.7. The summed E-state index contributed by atoms with van der Waals surface area (Å²) in [6, 6.07) is 7.79. The Balaban J connectivity index is 2.17. The molecule has 2 atom stereocenters. The molecule has 1 aliphatic carbocycles. The first kappa shape index (κ1) is 12.4. The number of carbonyl (C=O) groups is 1. The molecule has 1 aromatic carbocycles. The van der Waals surface area contributed by atoms with Crippen molar-refractivity contribution in [2.24, 2.45) is 5.41 Å². The van der Waals surface area contributed by atoms with Crippen molar-refractivity contribution in [1.29, 1.82) is 0 Å². The van der Waals surface area contributed by atoms with E-state index in [0.29, 0.717) is 5.92 Å². The molecule has 17 heavy (non-hydrogen) atoms. The lowest BCUT2D eigenvalue weighted by Crippen LogP contribution is -2.32. The maximum atomic E-state index is 11.3. The predicted octanol–water partition coefficient (Wildman–Crippen LogP) is 4.09. The van der Waals surface area contributed by atoms with Crippen LogP contribution in [0.1, 0.15) is 44.1 Å². The maximum Gasteiger partial charge on any atom is 0.309 e. The van der Waals surface area contributed by atoms with Gasteiger partial charge in [-0.3, -0.25) is 4.79 Å². The van der Waals surface area contributed by atoms with Crippen LogP contribution in [0.5, 0.6) is 0 Å². The van der Waals surface area contributed by atoms with Gasteiger partial charge in [0.15, 0.2) is 0 Å². The van der Waals surface area contributed by atoms with Gasteiger partial charge < -0.3 is 5.11 Å². The molecule has 92 valence electrons. The highest BCUT2D eigenvalue weighted by atomic mass is 35.5. The largest absolute Gasteiger partial charge is 0.481 e. The molecule has 0 bridgehead atoms. The first-order valence-electron chi connectivity index (χ1n) is 6.00. The van der Waals surface area contributed by atoms with Crippen LogP contribution in [0.2, 0.25) is 5.02 Å². The SMILES string of the molecule is C[C@]1(C(=O)O)CCC[C@@H](c2ccc(Cl)cc2)C1. The molecule has 0 radical (unpaired) electrons. The molecule has 1 fully saturated rings. The van der Waals surface area contributed by atoms with Crippen LogP contribution in [-0.4, -0.2) is 11.1 Å². The van der Waals surface area contributed by atoms with Gasteiger partial charge in [-0.2, -0.15) is 0 Å². The van der Waals surface area contributed by atoms with E-state index in [0.717, 1.165) is 30.7 Å². The number of carboxylic acid groups (broad SMARTS) is 1. The van der Waals surface area contributed by atoms with E-state index >= 15 is 0 Å². The average Bonchev–Trinajstić information content (AvgIpc) is 2.30. The summed E-state index contributed by atoms with van der Waals surface area (Å²) in [5, 5.41) is 10.0. The van der Waals surface area contributed by atoms with Crippen LogP contribution in [0.25, 0.3) is 0 Å². The van der Waals surface area contributed by atoms with Crippen molar-refractivity contribution in [2.45, 2.75) is 38.5 Å². The minimum atomic E-state index is -0.670. The fourth-order valence-corrected chi connectivity index (χ4v) is 2.83.